The molecule has 0 spiro atoms. The van der Waals surface area contributed by atoms with E-state index in [0.29, 0.717) is 12.0 Å². The van der Waals surface area contributed by atoms with Gasteiger partial charge in [0.25, 0.3) is 0 Å². The highest BCUT2D eigenvalue weighted by atomic mass is 15.3. The number of aromatic nitrogens is 3. The largest absolute Gasteiger partial charge is 0.348 e. The number of nitrogens with zero attached hydrogens (tertiary/aromatic N) is 3. The van der Waals surface area contributed by atoms with Crippen molar-refractivity contribution in [3.05, 3.63) is 42.0 Å². The fourth-order valence-corrected chi connectivity index (χ4v) is 2.65. The van der Waals surface area contributed by atoms with Crippen molar-refractivity contribution in [1.82, 2.24) is 14.3 Å². The van der Waals surface area contributed by atoms with Gasteiger partial charge in [0.2, 0.25) is 0 Å². The van der Waals surface area contributed by atoms with Crippen molar-refractivity contribution in [2.75, 3.05) is 0 Å². The van der Waals surface area contributed by atoms with Crippen LogP contribution >= 0.6 is 0 Å². The van der Waals surface area contributed by atoms with Crippen LogP contribution in [-0.2, 0) is 6.54 Å². The van der Waals surface area contributed by atoms with Gasteiger partial charge in [-0.15, -0.1) is 0 Å². The van der Waals surface area contributed by atoms with Crippen molar-refractivity contribution in [2.45, 2.75) is 59.2 Å². The van der Waals surface area contributed by atoms with E-state index in [9.17, 15) is 0 Å². The number of hydrogen-bond acceptors (Lipinski definition) is 2. The summed E-state index contributed by atoms with van der Waals surface area (Å²) in [5.41, 5.74) is 8.49. The molecule has 0 fully saturated rings. The van der Waals surface area contributed by atoms with Crippen LogP contribution in [0.2, 0.25) is 0 Å². The normalized spacial score (nSPS) is 13.3. The highest BCUT2D eigenvalue weighted by Crippen LogP contribution is 2.20. The van der Waals surface area contributed by atoms with E-state index in [-0.39, 0.29) is 6.04 Å². The molecule has 0 aliphatic rings. The second-order valence-corrected chi connectivity index (χ2v) is 6.14. The Morgan fingerprint density at radius 3 is 2.48 bits per heavy atom. The maximum absolute atomic E-state index is 6.19. The summed E-state index contributed by atoms with van der Waals surface area (Å²) in [5, 5.41) is 4.70. The lowest BCUT2D eigenvalue weighted by Crippen LogP contribution is -2.16. The lowest BCUT2D eigenvalue weighted by molar-refractivity contribution is 0.424. The van der Waals surface area contributed by atoms with Gasteiger partial charge in [-0.2, -0.15) is 5.10 Å². The summed E-state index contributed by atoms with van der Waals surface area (Å²) in [5.74, 6) is 0.454. The summed E-state index contributed by atoms with van der Waals surface area (Å²) in [4.78, 5) is 0. The van der Waals surface area contributed by atoms with Gasteiger partial charge in [0, 0.05) is 24.6 Å². The molecule has 1 atom stereocenters. The third kappa shape index (κ3) is 3.76. The number of nitrogens with two attached hydrogens (primary N) is 1. The van der Waals surface area contributed by atoms with E-state index in [0.717, 1.165) is 25.1 Å². The second kappa shape index (κ2) is 6.94. The predicted molar refractivity (Wildman–Crippen MR) is 87.1 cm³/mol. The molecule has 0 aliphatic carbocycles. The van der Waals surface area contributed by atoms with Crippen LogP contribution in [0.1, 0.15) is 63.9 Å². The molecular weight excluding hydrogens is 260 g/mol. The van der Waals surface area contributed by atoms with Crippen LogP contribution in [0.4, 0.5) is 0 Å². The average molecular weight is 288 g/mol. The van der Waals surface area contributed by atoms with Gasteiger partial charge in [-0.1, -0.05) is 27.7 Å². The zero-order valence-corrected chi connectivity index (χ0v) is 13.7. The summed E-state index contributed by atoms with van der Waals surface area (Å²) in [6, 6.07) is 4.84. The lowest BCUT2D eigenvalue weighted by Gasteiger charge is -2.13. The molecule has 4 nitrogen and oxygen atoms in total. The van der Waals surface area contributed by atoms with E-state index in [1.807, 2.05) is 0 Å². The summed E-state index contributed by atoms with van der Waals surface area (Å²) in [7, 11) is 0. The van der Waals surface area contributed by atoms with Crippen LogP contribution in [0, 0.1) is 5.92 Å². The highest BCUT2D eigenvalue weighted by Gasteiger charge is 2.12. The SMILES string of the molecule is CCC(CC)n1ccc(Cn2ccc(C(N)C(C)C)c2)n1. The smallest absolute Gasteiger partial charge is 0.0821 e. The fraction of sp³-hybridized carbons (Fsp3) is 0.588. The Balaban J connectivity index is 2.05. The first kappa shape index (κ1) is 15.8. The fourth-order valence-electron chi connectivity index (χ4n) is 2.65. The van der Waals surface area contributed by atoms with Gasteiger partial charge in [0.1, 0.15) is 0 Å². The number of rotatable bonds is 7. The van der Waals surface area contributed by atoms with E-state index >= 15 is 0 Å². The van der Waals surface area contributed by atoms with Crippen molar-refractivity contribution in [3.63, 3.8) is 0 Å². The topological polar surface area (TPSA) is 48.8 Å². The van der Waals surface area contributed by atoms with Crippen molar-refractivity contribution in [2.24, 2.45) is 11.7 Å². The van der Waals surface area contributed by atoms with Crippen molar-refractivity contribution < 1.29 is 0 Å². The van der Waals surface area contributed by atoms with E-state index in [1.54, 1.807) is 0 Å². The quantitative estimate of drug-likeness (QED) is 0.843. The Labute approximate surface area is 128 Å². The van der Waals surface area contributed by atoms with E-state index in [1.165, 1.54) is 5.56 Å². The summed E-state index contributed by atoms with van der Waals surface area (Å²) >= 11 is 0. The van der Waals surface area contributed by atoms with Gasteiger partial charge in [-0.05, 0) is 36.5 Å². The first-order valence-corrected chi connectivity index (χ1v) is 8.00. The molecule has 2 heterocycles. The van der Waals surface area contributed by atoms with Crippen LogP contribution < -0.4 is 5.73 Å². The molecule has 2 rings (SSSR count). The second-order valence-electron chi connectivity index (χ2n) is 6.14. The Morgan fingerprint density at radius 1 is 1.14 bits per heavy atom. The minimum atomic E-state index is 0.105. The molecule has 2 aromatic rings. The highest BCUT2D eigenvalue weighted by molar-refractivity contribution is 5.16. The summed E-state index contributed by atoms with van der Waals surface area (Å²) < 4.78 is 4.26. The molecular formula is C17H28N4. The third-order valence-electron chi connectivity index (χ3n) is 4.20. The van der Waals surface area contributed by atoms with Gasteiger partial charge in [-0.3, -0.25) is 4.68 Å². The number of hydrogen-bond donors (Lipinski definition) is 1. The zero-order chi connectivity index (χ0) is 15.4. The maximum Gasteiger partial charge on any atom is 0.0821 e. The van der Waals surface area contributed by atoms with Crippen LogP contribution in [-0.4, -0.2) is 14.3 Å². The molecule has 4 heteroatoms. The Hall–Kier alpha value is -1.55. The third-order valence-corrected chi connectivity index (χ3v) is 4.20. The molecule has 1 unspecified atom stereocenters. The minimum Gasteiger partial charge on any atom is -0.348 e. The monoisotopic (exact) mass is 288 g/mol. The molecule has 0 amide bonds. The Kier molecular flexibility index (Phi) is 5.23. The first-order chi connectivity index (χ1) is 10.0. The van der Waals surface area contributed by atoms with Gasteiger partial charge in [0.05, 0.1) is 18.3 Å². The van der Waals surface area contributed by atoms with Gasteiger partial charge >= 0.3 is 0 Å². The predicted octanol–water partition coefficient (Wildman–Crippen LogP) is 3.75. The Bertz CT molecular complexity index is 510. The van der Waals surface area contributed by atoms with Crippen molar-refractivity contribution in [1.29, 1.82) is 0 Å². The standard InChI is InChI=1S/C17H28N4/c1-5-16(6-2)21-10-8-15(19-21)12-20-9-7-14(11-20)17(18)13(3)4/h7-11,13,16-17H,5-6,12,18H2,1-4H3. The van der Waals surface area contributed by atoms with Gasteiger partial charge in [0.15, 0.2) is 0 Å². The first-order valence-electron chi connectivity index (χ1n) is 8.00. The molecule has 116 valence electrons. The minimum absolute atomic E-state index is 0.105. The van der Waals surface area contributed by atoms with Crippen molar-refractivity contribution >= 4 is 0 Å². The van der Waals surface area contributed by atoms with Crippen LogP contribution in [0.15, 0.2) is 30.7 Å². The van der Waals surface area contributed by atoms with Gasteiger partial charge in [-0.25, -0.2) is 0 Å². The summed E-state index contributed by atoms with van der Waals surface area (Å²) in [6.45, 7) is 9.53. The Morgan fingerprint density at radius 2 is 1.86 bits per heavy atom. The zero-order valence-electron chi connectivity index (χ0n) is 13.7. The maximum atomic E-state index is 6.19. The molecule has 0 aliphatic heterocycles. The molecule has 2 aromatic heterocycles. The van der Waals surface area contributed by atoms with Crippen molar-refractivity contribution in [3.8, 4) is 0 Å². The lowest BCUT2D eigenvalue weighted by atomic mass is 10.00. The summed E-state index contributed by atoms with van der Waals surface area (Å²) in [6.07, 6.45) is 8.56. The average Bonchev–Trinajstić information content (AvgIpc) is 3.10. The molecule has 0 saturated heterocycles. The van der Waals surface area contributed by atoms with Gasteiger partial charge < -0.3 is 10.3 Å². The van der Waals surface area contributed by atoms with Crippen LogP contribution in [0.3, 0.4) is 0 Å². The molecule has 0 radical (unpaired) electrons. The molecule has 21 heavy (non-hydrogen) atoms. The van der Waals surface area contributed by atoms with Crippen LogP contribution in [0.25, 0.3) is 0 Å². The molecule has 2 N–H and O–H groups in total. The molecule has 0 bridgehead atoms. The molecule has 0 aromatic carbocycles. The van der Waals surface area contributed by atoms with E-state index < -0.39 is 0 Å². The van der Waals surface area contributed by atoms with E-state index in [4.69, 9.17) is 10.8 Å². The van der Waals surface area contributed by atoms with E-state index in [2.05, 4.69) is 67.7 Å². The molecule has 0 saturated carbocycles. The van der Waals surface area contributed by atoms with Crippen LogP contribution in [0.5, 0.6) is 0 Å².